The van der Waals surface area contributed by atoms with Gasteiger partial charge in [0.25, 0.3) is 5.91 Å². The molecule has 1 aromatic rings. The summed E-state index contributed by atoms with van der Waals surface area (Å²) in [4.78, 5) is 25.8. The first-order valence-corrected chi connectivity index (χ1v) is 7.13. The predicted molar refractivity (Wildman–Crippen MR) is 73.2 cm³/mol. The van der Waals surface area contributed by atoms with E-state index in [1.165, 1.54) is 0 Å². The molecule has 1 saturated heterocycles. The SMILES string of the molecule is O=C(Cl)C1CC[C@H]2CCc3ccccc3C(=O)N2C1. The number of carbonyl (C=O) groups excluding carboxylic acids is 2. The summed E-state index contributed by atoms with van der Waals surface area (Å²) < 4.78 is 0. The smallest absolute Gasteiger partial charge is 0.254 e. The molecule has 0 spiro atoms. The lowest BCUT2D eigenvalue weighted by molar-refractivity contribution is -0.116. The second-order valence-electron chi connectivity index (χ2n) is 5.39. The number of piperidine rings is 1. The molecule has 1 aromatic carbocycles. The Morgan fingerprint density at radius 2 is 2.00 bits per heavy atom. The van der Waals surface area contributed by atoms with Crippen LogP contribution in [0.4, 0.5) is 0 Å². The maximum atomic E-state index is 12.6. The van der Waals surface area contributed by atoms with Gasteiger partial charge in [0, 0.05) is 18.2 Å². The number of hydrogen-bond donors (Lipinski definition) is 0. The Bertz CT molecular complexity index is 529. The summed E-state index contributed by atoms with van der Waals surface area (Å²) in [5, 5.41) is -0.316. The molecule has 2 aliphatic heterocycles. The van der Waals surface area contributed by atoms with Gasteiger partial charge >= 0.3 is 0 Å². The van der Waals surface area contributed by atoms with Gasteiger partial charge in [-0.1, -0.05) is 18.2 Å². The third-order valence-corrected chi connectivity index (χ3v) is 4.59. The van der Waals surface area contributed by atoms with E-state index in [1.54, 1.807) is 0 Å². The van der Waals surface area contributed by atoms with Crippen LogP contribution < -0.4 is 0 Å². The van der Waals surface area contributed by atoms with Gasteiger partial charge in [-0.2, -0.15) is 0 Å². The van der Waals surface area contributed by atoms with E-state index in [-0.39, 0.29) is 23.1 Å². The highest BCUT2D eigenvalue weighted by molar-refractivity contribution is 6.64. The van der Waals surface area contributed by atoms with Crippen molar-refractivity contribution in [2.45, 2.75) is 31.7 Å². The zero-order valence-corrected chi connectivity index (χ0v) is 11.4. The van der Waals surface area contributed by atoms with E-state index in [0.717, 1.165) is 36.8 Å². The normalized spacial score (nSPS) is 26.4. The molecular weight excluding hydrogens is 262 g/mol. The second-order valence-corrected chi connectivity index (χ2v) is 5.76. The Morgan fingerprint density at radius 3 is 2.79 bits per heavy atom. The van der Waals surface area contributed by atoms with Gasteiger partial charge in [0.2, 0.25) is 5.24 Å². The van der Waals surface area contributed by atoms with Crippen LogP contribution in [0.3, 0.4) is 0 Å². The van der Waals surface area contributed by atoms with E-state index in [2.05, 4.69) is 0 Å². The number of hydrogen-bond acceptors (Lipinski definition) is 2. The zero-order valence-electron chi connectivity index (χ0n) is 10.6. The lowest BCUT2D eigenvalue weighted by atomic mass is 9.91. The molecule has 0 bridgehead atoms. The lowest BCUT2D eigenvalue weighted by Crippen LogP contribution is -2.47. The maximum absolute atomic E-state index is 12.6. The van der Waals surface area contributed by atoms with E-state index in [4.69, 9.17) is 11.6 Å². The summed E-state index contributed by atoms with van der Waals surface area (Å²) in [6, 6.07) is 8.03. The number of nitrogens with zero attached hydrogens (tertiary/aromatic N) is 1. The van der Waals surface area contributed by atoms with Crippen LogP contribution in [-0.2, 0) is 11.2 Å². The Labute approximate surface area is 117 Å². The molecule has 3 rings (SSSR count). The Morgan fingerprint density at radius 1 is 1.21 bits per heavy atom. The Balaban J connectivity index is 1.92. The van der Waals surface area contributed by atoms with Gasteiger partial charge in [0.05, 0.1) is 5.92 Å². The molecule has 3 nitrogen and oxygen atoms in total. The van der Waals surface area contributed by atoms with Gasteiger partial charge in [-0.25, -0.2) is 0 Å². The number of halogens is 1. The fourth-order valence-electron chi connectivity index (χ4n) is 3.19. The van der Waals surface area contributed by atoms with Crippen LogP contribution in [0.5, 0.6) is 0 Å². The Kier molecular flexibility index (Phi) is 3.31. The van der Waals surface area contributed by atoms with Gasteiger partial charge in [-0.15, -0.1) is 0 Å². The summed E-state index contributed by atoms with van der Waals surface area (Å²) in [6.07, 6.45) is 3.59. The third-order valence-electron chi connectivity index (χ3n) is 4.28. The van der Waals surface area contributed by atoms with Crippen molar-refractivity contribution in [2.24, 2.45) is 5.92 Å². The van der Waals surface area contributed by atoms with Crippen LogP contribution in [-0.4, -0.2) is 28.6 Å². The van der Waals surface area contributed by atoms with Crippen LogP contribution >= 0.6 is 11.6 Å². The molecule has 19 heavy (non-hydrogen) atoms. The monoisotopic (exact) mass is 277 g/mol. The predicted octanol–water partition coefficient (Wildman–Crippen LogP) is 2.62. The van der Waals surface area contributed by atoms with E-state index in [1.807, 2.05) is 29.2 Å². The average Bonchev–Trinajstić information content (AvgIpc) is 2.57. The zero-order chi connectivity index (χ0) is 13.4. The fraction of sp³-hybridized carbons (Fsp3) is 0.467. The van der Waals surface area contributed by atoms with Gasteiger partial charge in [0.15, 0.2) is 0 Å². The van der Waals surface area contributed by atoms with E-state index < -0.39 is 0 Å². The molecule has 1 amide bonds. The first-order chi connectivity index (χ1) is 9.16. The summed E-state index contributed by atoms with van der Waals surface area (Å²) in [5.41, 5.74) is 1.91. The van der Waals surface area contributed by atoms with Crippen molar-refractivity contribution in [3.63, 3.8) is 0 Å². The van der Waals surface area contributed by atoms with Crippen LogP contribution in [0.15, 0.2) is 24.3 Å². The molecule has 0 N–H and O–H groups in total. The van der Waals surface area contributed by atoms with E-state index >= 15 is 0 Å². The third kappa shape index (κ3) is 2.27. The minimum Gasteiger partial charge on any atom is -0.335 e. The molecule has 2 heterocycles. The van der Waals surface area contributed by atoms with Crippen molar-refractivity contribution in [2.75, 3.05) is 6.54 Å². The molecule has 0 radical (unpaired) electrons. The van der Waals surface area contributed by atoms with Crippen LogP contribution in [0, 0.1) is 5.92 Å². The first kappa shape index (κ1) is 12.7. The molecule has 0 aromatic heterocycles. The molecule has 2 atom stereocenters. The van der Waals surface area contributed by atoms with Crippen molar-refractivity contribution in [3.8, 4) is 0 Å². The molecule has 1 unspecified atom stereocenters. The van der Waals surface area contributed by atoms with Gasteiger partial charge in [-0.05, 0) is 48.9 Å². The molecule has 100 valence electrons. The number of rotatable bonds is 1. The van der Waals surface area contributed by atoms with Crippen LogP contribution in [0.25, 0.3) is 0 Å². The van der Waals surface area contributed by atoms with Crippen molar-refractivity contribution in [1.82, 2.24) is 4.90 Å². The average molecular weight is 278 g/mol. The highest BCUT2D eigenvalue weighted by Gasteiger charge is 2.36. The fourth-order valence-corrected chi connectivity index (χ4v) is 3.36. The summed E-state index contributed by atoms with van der Waals surface area (Å²) in [6.45, 7) is 0.472. The van der Waals surface area contributed by atoms with Crippen molar-refractivity contribution >= 4 is 22.8 Å². The highest BCUT2D eigenvalue weighted by Crippen LogP contribution is 2.31. The molecule has 4 heteroatoms. The molecular formula is C15H16ClNO2. The van der Waals surface area contributed by atoms with E-state index in [0.29, 0.717) is 6.54 Å². The largest absolute Gasteiger partial charge is 0.335 e. The standard InChI is InChI=1S/C15H16ClNO2/c16-14(18)11-6-8-12-7-5-10-3-1-2-4-13(10)15(19)17(12)9-11/h1-4,11-12H,5-9H2/t11?,12-/m1/s1. The number of fused-ring (bicyclic) bond motifs is 2. The Hall–Kier alpha value is -1.35. The van der Waals surface area contributed by atoms with Crippen LogP contribution in [0.1, 0.15) is 35.2 Å². The van der Waals surface area contributed by atoms with Gasteiger partial charge in [-0.3, -0.25) is 9.59 Å². The number of benzene rings is 1. The second kappa shape index (κ2) is 4.97. The van der Waals surface area contributed by atoms with Crippen molar-refractivity contribution < 1.29 is 9.59 Å². The number of aryl methyl sites for hydroxylation is 1. The number of amides is 1. The van der Waals surface area contributed by atoms with Crippen molar-refractivity contribution in [3.05, 3.63) is 35.4 Å². The highest BCUT2D eigenvalue weighted by atomic mass is 35.5. The van der Waals surface area contributed by atoms with Gasteiger partial charge in [0.1, 0.15) is 0 Å². The minimum atomic E-state index is -0.316. The molecule has 0 saturated carbocycles. The first-order valence-electron chi connectivity index (χ1n) is 6.75. The van der Waals surface area contributed by atoms with E-state index in [9.17, 15) is 9.59 Å². The summed E-state index contributed by atoms with van der Waals surface area (Å²) in [7, 11) is 0. The molecule has 1 fully saturated rings. The molecule has 2 aliphatic rings. The maximum Gasteiger partial charge on any atom is 0.254 e. The number of carbonyl (C=O) groups is 2. The summed E-state index contributed by atoms with van der Waals surface area (Å²) >= 11 is 5.60. The lowest BCUT2D eigenvalue weighted by Gasteiger charge is -2.37. The van der Waals surface area contributed by atoms with Crippen molar-refractivity contribution in [1.29, 1.82) is 0 Å². The topological polar surface area (TPSA) is 37.4 Å². The summed E-state index contributed by atoms with van der Waals surface area (Å²) in [5.74, 6) is -0.146. The van der Waals surface area contributed by atoms with Gasteiger partial charge < -0.3 is 4.90 Å². The molecule has 0 aliphatic carbocycles. The van der Waals surface area contributed by atoms with Crippen LogP contribution in [0.2, 0.25) is 0 Å². The quantitative estimate of drug-likeness (QED) is 0.740. The minimum absolute atomic E-state index is 0.0562.